The number of hydrogen-bond donors (Lipinski definition) is 0. The highest BCUT2D eigenvalue weighted by Crippen LogP contribution is 2.38. The summed E-state index contributed by atoms with van der Waals surface area (Å²) in [5.41, 5.74) is 0.0532. The number of benzene rings is 1. The fourth-order valence-electron chi connectivity index (χ4n) is 2.81. The van der Waals surface area contributed by atoms with Crippen LogP contribution in [0.15, 0.2) is 24.3 Å². The Hall–Kier alpha value is -2.42. The van der Waals surface area contributed by atoms with E-state index >= 15 is 0 Å². The first-order chi connectivity index (χ1) is 11.2. The molecule has 0 aromatic heterocycles. The lowest BCUT2D eigenvalue weighted by atomic mass is 9.99. The molecule has 6 nitrogen and oxygen atoms in total. The van der Waals surface area contributed by atoms with Crippen molar-refractivity contribution >= 4 is 17.8 Å². The molecule has 24 heavy (non-hydrogen) atoms. The van der Waals surface area contributed by atoms with Crippen molar-refractivity contribution in [2.24, 2.45) is 5.92 Å². The van der Waals surface area contributed by atoms with Crippen molar-refractivity contribution in [2.45, 2.75) is 31.7 Å². The Morgan fingerprint density at radius 2 is 1.75 bits per heavy atom. The van der Waals surface area contributed by atoms with E-state index in [1.54, 1.807) is 0 Å². The molecule has 0 spiro atoms. The number of hydrogen-bond acceptors (Lipinski definition) is 5. The van der Waals surface area contributed by atoms with Crippen molar-refractivity contribution in [3.05, 3.63) is 35.4 Å². The highest BCUT2D eigenvalue weighted by atomic mass is 19.4. The molecule has 2 aliphatic rings. The Morgan fingerprint density at radius 1 is 1.21 bits per heavy atom. The Bertz CT molecular complexity index is 682. The van der Waals surface area contributed by atoms with Gasteiger partial charge < -0.3 is 9.57 Å². The molecule has 0 bridgehead atoms. The van der Waals surface area contributed by atoms with Gasteiger partial charge in [0.1, 0.15) is 0 Å². The van der Waals surface area contributed by atoms with E-state index in [0.717, 1.165) is 0 Å². The first-order valence-corrected chi connectivity index (χ1v) is 7.12. The predicted molar refractivity (Wildman–Crippen MR) is 71.5 cm³/mol. The average Bonchev–Trinajstić information content (AvgIpc) is 3.02. The van der Waals surface area contributed by atoms with Crippen molar-refractivity contribution in [3.8, 4) is 0 Å². The zero-order chi connectivity index (χ0) is 17.6. The highest BCUT2D eigenvalue weighted by Gasteiger charge is 2.55. The number of nitrogens with zero attached hydrogens (tertiary/aromatic N) is 1. The number of ether oxygens (including phenoxy) is 1. The molecule has 0 N–H and O–H groups in total. The lowest BCUT2D eigenvalue weighted by Crippen LogP contribution is -2.42. The zero-order valence-corrected chi connectivity index (χ0v) is 12.4. The molecule has 9 heteroatoms. The molecule has 3 rings (SSSR count). The highest BCUT2D eigenvalue weighted by molar-refractivity contribution is 6.20. The SMILES string of the molecule is CC1CC(C(=O)ON2C(=O)c3ccccc3C2=O)C(C(F)(F)F)O1. The monoisotopic (exact) mass is 343 g/mol. The minimum atomic E-state index is -4.75. The van der Waals surface area contributed by atoms with E-state index in [0.29, 0.717) is 0 Å². The third-order valence-corrected chi connectivity index (χ3v) is 3.89. The summed E-state index contributed by atoms with van der Waals surface area (Å²) in [4.78, 5) is 40.9. The molecule has 0 saturated carbocycles. The topological polar surface area (TPSA) is 72.9 Å². The number of amides is 2. The standard InChI is InChI=1S/C15H12F3NO5/c1-7-6-10(11(23-7)15(16,17)18)14(22)24-19-12(20)8-4-2-3-5-9(8)13(19)21/h2-5,7,10-11H,6H2,1H3. The van der Waals surface area contributed by atoms with E-state index in [-0.39, 0.29) is 22.6 Å². The van der Waals surface area contributed by atoms with E-state index in [1.807, 2.05) is 0 Å². The first kappa shape index (κ1) is 16.4. The van der Waals surface area contributed by atoms with Crippen molar-refractivity contribution < 1.29 is 37.1 Å². The largest absolute Gasteiger partial charge is 0.415 e. The predicted octanol–water partition coefficient (Wildman–Crippen LogP) is 2.10. The van der Waals surface area contributed by atoms with Gasteiger partial charge in [-0.05, 0) is 25.5 Å². The first-order valence-electron chi connectivity index (χ1n) is 7.12. The van der Waals surface area contributed by atoms with Crippen LogP contribution in [-0.2, 0) is 14.4 Å². The molecule has 2 heterocycles. The summed E-state index contributed by atoms with van der Waals surface area (Å²) in [6, 6.07) is 5.76. The van der Waals surface area contributed by atoms with E-state index in [4.69, 9.17) is 9.57 Å². The number of fused-ring (bicyclic) bond motifs is 1. The van der Waals surface area contributed by atoms with Gasteiger partial charge in [-0.2, -0.15) is 13.2 Å². The molecule has 1 saturated heterocycles. The normalized spacial score (nSPS) is 26.7. The summed E-state index contributed by atoms with van der Waals surface area (Å²) in [6.07, 6.45) is -8.09. The molecule has 3 atom stereocenters. The van der Waals surface area contributed by atoms with Gasteiger partial charge in [-0.3, -0.25) is 9.59 Å². The molecule has 1 aromatic rings. The summed E-state index contributed by atoms with van der Waals surface area (Å²) in [7, 11) is 0. The summed E-state index contributed by atoms with van der Waals surface area (Å²) in [5, 5.41) is 0.198. The Morgan fingerprint density at radius 3 is 2.25 bits per heavy atom. The van der Waals surface area contributed by atoms with Gasteiger partial charge in [-0.25, -0.2) is 4.79 Å². The maximum Gasteiger partial charge on any atom is 0.415 e. The fourth-order valence-corrected chi connectivity index (χ4v) is 2.81. The molecule has 3 unspecified atom stereocenters. The van der Waals surface area contributed by atoms with Crippen molar-refractivity contribution in [3.63, 3.8) is 0 Å². The number of halogens is 3. The van der Waals surface area contributed by atoms with Gasteiger partial charge in [0.2, 0.25) is 0 Å². The second-order valence-corrected chi connectivity index (χ2v) is 5.61. The second kappa shape index (κ2) is 5.59. The molecule has 0 aliphatic carbocycles. The quantitative estimate of drug-likeness (QED) is 0.769. The van der Waals surface area contributed by atoms with Gasteiger partial charge >= 0.3 is 12.1 Å². The van der Waals surface area contributed by atoms with Crippen LogP contribution in [0.3, 0.4) is 0 Å². The van der Waals surface area contributed by atoms with E-state index in [1.165, 1.54) is 31.2 Å². The summed E-state index contributed by atoms with van der Waals surface area (Å²) in [6.45, 7) is 1.40. The molecule has 128 valence electrons. The Labute approximate surface area is 134 Å². The Kier molecular flexibility index (Phi) is 3.83. The van der Waals surface area contributed by atoms with E-state index in [9.17, 15) is 27.6 Å². The van der Waals surface area contributed by atoms with Crippen LogP contribution in [0.25, 0.3) is 0 Å². The van der Waals surface area contributed by atoms with Gasteiger partial charge in [0.25, 0.3) is 11.8 Å². The summed E-state index contributed by atoms with van der Waals surface area (Å²) < 4.78 is 43.6. The van der Waals surface area contributed by atoms with Crippen LogP contribution in [0.1, 0.15) is 34.1 Å². The minimum Gasteiger partial charge on any atom is -0.365 e. The zero-order valence-electron chi connectivity index (χ0n) is 12.4. The van der Waals surface area contributed by atoms with Crippen molar-refractivity contribution in [1.82, 2.24) is 5.06 Å². The third kappa shape index (κ3) is 2.64. The van der Waals surface area contributed by atoms with Crippen LogP contribution in [0.2, 0.25) is 0 Å². The molecular formula is C15H12F3NO5. The Balaban J connectivity index is 1.79. The van der Waals surface area contributed by atoms with E-state index in [2.05, 4.69) is 0 Å². The molecule has 1 fully saturated rings. The lowest BCUT2D eigenvalue weighted by Gasteiger charge is -2.21. The van der Waals surface area contributed by atoms with Crippen LogP contribution in [0.4, 0.5) is 13.2 Å². The van der Waals surface area contributed by atoms with Gasteiger partial charge in [0.15, 0.2) is 6.10 Å². The second-order valence-electron chi connectivity index (χ2n) is 5.61. The van der Waals surface area contributed by atoms with Crippen molar-refractivity contribution in [1.29, 1.82) is 0 Å². The number of alkyl halides is 3. The number of carbonyl (C=O) groups is 3. The summed E-state index contributed by atoms with van der Waals surface area (Å²) >= 11 is 0. The van der Waals surface area contributed by atoms with Crippen molar-refractivity contribution in [2.75, 3.05) is 0 Å². The average molecular weight is 343 g/mol. The van der Waals surface area contributed by atoms with Gasteiger partial charge in [-0.1, -0.05) is 17.2 Å². The maximum atomic E-state index is 12.9. The fraction of sp³-hybridized carbons (Fsp3) is 0.400. The minimum absolute atomic E-state index is 0.0266. The lowest BCUT2D eigenvalue weighted by molar-refractivity contribution is -0.229. The molecule has 0 radical (unpaired) electrons. The smallest absolute Gasteiger partial charge is 0.365 e. The van der Waals surface area contributed by atoms with Gasteiger partial charge in [-0.15, -0.1) is 0 Å². The number of rotatable bonds is 2. The van der Waals surface area contributed by atoms with Gasteiger partial charge in [0, 0.05) is 0 Å². The number of imide groups is 1. The molecule has 2 aliphatic heterocycles. The number of hydroxylamine groups is 2. The van der Waals surface area contributed by atoms with Crippen LogP contribution < -0.4 is 0 Å². The van der Waals surface area contributed by atoms with Crippen LogP contribution in [0.5, 0.6) is 0 Å². The van der Waals surface area contributed by atoms with Crippen LogP contribution in [0, 0.1) is 5.92 Å². The third-order valence-electron chi connectivity index (χ3n) is 3.89. The maximum absolute atomic E-state index is 12.9. The molecule has 2 amide bonds. The number of carbonyl (C=O) groups excluding carboxylic acids is 3. The van der Waals surface area contributed by atoms with Crippen LogP contribution >= 0.6 is 0 Å². The summed E-state index contributed by atoms with van der Waals surface area (Å²) in [5.74, 6) is -4.74. The van der Waals surface area contributed by atoms with E-state index < -0.39 is 42.1 Å². The molecule has 1 aromatic carbocycles. The molecular weight excluding hydrogens is 331 g/mol. The van der Waals surface area contributed by atoms with Gasteiger partial charge in [0.05, 0.1) is 23.1 Å². The van der Waals surface area contributed by atoms with Crippen LogP contribution in [-0.4, -0.2) is 41.2 Å².